The Hall–Kier alpha value is -2.67. The molecule has 48 heavy (non-hydrogen) atoms. The van der Waals surface area contributed by atoms with Crippen LogP contribution in [0, 0.1) is 12.2 Å². The molecule has 0 nitrogen and oxygen atoms in total. The minimum absolute atomic E-state index is 0. The van der Waals surface area contributed by atoms with Crippen LogP contribution in [0.25, 0.3) is 43.1 Å². The van der Waals surface area contributed by atoms with Crippen LogP contribution in [0.1, 0.15) is 54.4 Å². The third kappa shape index (κ3) is 15.3. The summed E-state index contributed by atoms with van der Waals surface area (Å²) in [6.45, 7) is 12.5. The first-order valence-electron chi connectivity index (χ1n) is 15.7. The molecule has 0 heterocycles. The molecule has 0 aliphatic heterocycles. The third-order valence-corrected chi connectivity index (χ3v) is 6.78. The fraction of sp³-hybridized carbons (Fsp3) is 0.182. The van der Waals surface area contributed by atoms with Crippen LogP contribution < -0.4 is 24.8 Å². The fourth-order valence-corrected chi connectivity index (χ4v) is 4.84. The molecule has 0 bridgehead atoms. The van der Waals surface area contributed by atoms with Gasteiger partial charge in [0, 0.05) is 0 Å². The average Bonchev–Trinajstić information content (AvgIpc) is 3.84. The third-order valence-electron chi connectivity index (χ3n) is 6.78. The van der Waals surface area contributed by atoms with E-state index >= 15 is 0 Å². The summed E-state index contributed by atoms with van der Waals surface area (Å²) in [6.07, 6.45) is 16.7. The Morgan fingerprint density at radius 1 is 0.479 bits per heavy atom. The molecule has 8 rings (SSSR count). The maximum Gasteiger partial charge on any atom is -0.0771 e. The minimum atomic E-state index is 0. The molecular formula is C44H44Cl2Ti2-2. The Morgan fingerprint density at radius 3 is 0.875 bits per heavy atom. The maximum absolute atomic E-state index is 3.12. The molecule has 2 aliphatic carbocycles. The van der Waals surface area contributed by atoms with Crippen LogP contribution in [0.5, 0.6) is 0 Å². The van der Waals surface area contributed by atoms with Crippen LogP contribution in [0.3, 0.4) is 0 Å². The zero-order valence-electron chi connectivity index (χ0n) is 28.9. The van der Waals surface area contributed by atoms with E-state index < -0.39 is 0 Å². The zero-order chi connectivity index (χ0) is 33.3. The van der Waals surface area contributed by atoms with Gasteiger partial charge in [-0.15, -0.1) is 92.3 Å². The van der Waals surface area contributed by atoms with Crippen LogP contribution >= 0.6 is 0 Å². The minimum Gasteiger partial charge on any atom is -1.00 e. The van der Waals surface area contributed by atoms with Crippen molar-refractivity contribution in [1.29, 1.82) is 0 Å². The standard InChI is InChI=1S/2C13H9.2C6H7.2C3H6.2ClH.2Ti/c2*1-3-7-12-10(5-1)9-11-6-2-4-8-13(11)12;2*1-6-4-2-3-5-6;2*1-3-2;;;;/h2*1-9H;2*2,4H,3H2,1H3;2*1-2H3;2*1H;;/q4*-1;;;;;2*+2/p-2. The second-order valence-electron chi connectivity index (χ2n) is 11.6. The van der Waals surface area contributed by atoms with Crippen LogP contribution in [0.4, 0.5) is 0 Å². The van der Waals surface area contributed by atoms with Gasteiger partial charge in [-0.05, 0) is 0 Å². The Labute approximate surface area is 324 Å². The summed E-state index contributed by atoms with van der Waals surface area (Å²) < 4.78 is 2.83. The SMILES string of the molecule is CC1=[C-]CC=C1.CC1=[C-]CC=C1.C[C](C)=[Ti+2].C[C](C)=[Ti+2].[Cl-].[Cl-].c1ccc2c(c1)[cH-]c1ccccc12.c1ccc2c(c1)[cH-]c1ccccc12. The van der Waals surface area contributed by atoms with Crippen molar-refractivity contribution in [3.63, 3.8) is 0 Å². The van der Waals surface area contributed by atoms with E-state index in [0.29, 0.717) is 0 Å². The number of benzene rings is 4. The van der Waals surface area contributed by atoms with Gasteiger partial charge in [0.05, 0.1) is 0 Å². The van der Waals surface area contributed by atoms with E-state index in [2.05, 4.69) is 227 Å². The van der Waals surface area contributed by atoms with E-state index in [1.54, 1.807) is 0 Å². The summed E-state index contributed by atoms with van der Waals surface area (Å²) in [4.78, 5) is 0. The van der Waals surface area contributed by atoms with Gasteiger partial charge in [0.1, 0.15) is 0 Å². The van der Waals surface area contributed by atoms with Gasteiger partial charge in [-0.3, -0.25) is 12.2 Å². The van der Waals surface area contributed by atoms with E-state index in [1.165, 1.54) is 61.9 Å². The topological polar surface area (TPSA) is 0 Å². The van der Waals surface area contributed by atoms with E-state index in [9.17, 15) is 0 Å². The monoisotopic (exact) mass is 738 g/mol. The first kappa shape index (κ1) is 43.4. The van der Waals surface area contributed by atoms with Gasteiger partial charge in [0.25, 0.3) is 0 Å². The molecule has 6 aromatic carbocycles. The Bertz CT molecular complexity index is 1740. The van der Waals surface area contributed by atoms with Gasteiger partial charge in [-0.25, -0.2) is 23.3 Å². The molecular weight excluding hydrogens is 695 g/mol. The molecule has 0 radical (unpaired) electrons. The zero-order valence-corrected chi connectivity index (χ0v) is 33.5. The number of hydrogen-bond donors (Lipinski definition) is 0. The normalized spacial score (nSPS) is 11.8. The predicted molar refractivity (Wildman–Crippen MR) is 199 cm³/mol. The second kappa shape index (κ2) is 23.6. The van der Waals surface area contributed by atoms with E-state index in [0.717, 1.165) is 12.8 Å². The summed E-state index contributed by atoms with van der Waals surface area (Å²) in [5, 5.41) is 10.8. The van der Waals surface area contributed by atoms with E-state index in [1.807, 2.05) is 0 Å². The number of hydrogen-bond acceptors (Lipinski definition) is 0. The van der Waals surface area contributed by atoms with Crippen molar-refractivity contribution in [2.45, 2.75) is 54.4 Å². The van der Waals surface area contributed by atoms with Crippen molar-refractivity contribution in [2.75, 3.05) is 0 Å². The van der Waals surface area contributed by atoms with Gasteiger partial charge in [0.15, 0.2) is 0 Å². The number of halogens is 2. The Morgan fingerprint density at radius 2 is 0.708 bits per heavy atom. The molecule has 0 atom stereocenters. The van der Waals surface area contributed by atoms with Crippen LogP contribution in [-0.4, -0.2) is 7.62 Å². The summed E-state index contributed by atoms with van der Waals surface area (Å²) in [6, 6.07) is 38.5. The molecule has 0 saturated heterocycles. The fourth-order valence-electron chi connectivity index (χ4n) is 4.84. The predicted octanol–water partition coefficient (Wildman–Crippen LogP) is 6.31. The van der Waals surface area contributed by atoms with Crippen LogP contribution in [0.15, 0.2) is 145 Å². The molecule has 0 N–H and O–H groups in total. The number of fused-ring (bicyclic) bond motifs is 6. The van der Waals surface area contributed by atoms with Gasteiger partial charge in [-0.2, -0.15) is 12.2 Å². The van der Waals surface area contributed by atoms with Gasteiger partial charge < -0.3 is 24.8 Å². The van der Waals surface area contributed by atoms with Crippen LogP contribution in [-0.2, 0) is 39.9 Å². The van der Waals surface area contributed by atoms with Crippen LogP contribution in [0.2, 0.25) is 0 Å². The van der Waals surface area contributed by atoms with Gasteiger partial charge >= 0.3 is 75.3 Å². The largest absolute Gasteiger partial charge is 1.00 e. The molecule has 0 saturated carbocycles. The molecule has 6 aromatic rings. The number of rotatable bonds is 0. The van der Waals surface area contributed by atoms with Crippen molar-refractivity contribution in [2.24, 2.45) is 0 Å². The maximum atomic E-state index is 3.12. The molecule has 0 fully saturated rings. The Balaban J connectivity index is 0.000000307. The van der Waals surface area contributed by atoms with Crippen molar-refractivity contribution in [1.82, 2.24) is 0 Å². The molecule has 0 aromatic heterocycles. The second-order valence-corrected chi connectivity index (χ2v) is 14.7. The summed E-state index contributed by atoms with van der Waals surface area (Å²) in [5.41, 5.74) is 2.55. The first-order valence-corrected chi connectivity index (χ1v) is 17.3. The van der Waals surface area contributed by atoms with Gasteiger partial charge in [0.2, 0.25) is 0 Å². The smallest absolute Gasteiger partial charge is 0.0771 e. The molecule has 244 valence electrons. The van der Waals surface area contributed by atoms with Crippen molar-refractivity contribution >= 4 is 50.7 Å². The van der Waals surface area contributed by atoms with E-state index in [-0.39, 0.29) is 24.8 Å². The Kier molecular flexibility index (Phi) is 21.4. The summed E-state index contributed by atoms with van der Waals surface area (Å²) in [7, 11) is 0. The molecule has 4 heteroatoms. The molecule has 2 aliphatic rings. The first-order chi connectivity index (χ1) is 22.2. The van der Waals surface area contributed by atoms with Crippen molar-refractivity contribution < 1.29 is 64.8 Å². The molecule has 0 unspecified atom stereocenters. The van der Waals surface area contributed by atoms with Gasteiger partial charge in [-0.1, -0.05) is 86.6 Å². The quantitative estimate of drug-likeness (QED) is 0.127. The van der Waals surface area contributed by atoms with Crippen molar-refractivity contribution in [3.8, 4) is 0 Å². The molecule has 0 spiro atoms. The summed E-state index contributed by atoms with van der Waals surface area (Å²) >= 11 is 4.17. The van der Waals surface area contributed by atoms with Crippen molar-refractivity contribution in [3.05, 3.63) is 157 Å². The average molecular weight is 739 g/mol. The van der Waals surface area contributed by atoms with E-state index in [4.69, 9.17) is 0 Å². The molecule has 0 amide bonds. The number of allylic oxidation sites excluding steroid dienone is 8. The summed E-state index contributed by atoms with van der Waals surface area (Å²) in [5.74, 6) is 0.